The second-order valence-electron chi connectivity index (χ2n) is 5.69. The van der Waals surface area contributed by atoms with E-state index in [2.05, 4.69) is 15.3 Å². The van der Waals surface area contributed by atoms with Gasteiger partial charge in [-0.25, -0.2) is 13.6 Å². The number of nitrogens with one attached hydrogen (secondary N) is 1. The Morgan fingerprint density at radius 1 is 1.21 bits per heavy atom. The van der Waals surface area contributed by atoms with Crippen LogP contribution in [0.5, 0.6) is 0 Å². The molecule has 0 bridgehead atoms. The van der Waals surface area contributed by atoms with Crippen molar-refractivity contribution in [3.05, 3.63) is 59.2 Å². The number of hydrogen-bond acceptors (Lipinski definition) is 4. The lowest BCUT2D eigenvalue weighted by molar-refractivity contribution is 0.186. The van der Waals surface area contributed by atoms with E-state index in [9.17, 15) is 18.7 Å². The van der Waals surface area contributed by atoms with E-state index in [0.29, 0.717) is 24.2 Å². The summed E-state index contributed by atoms with van der Waals surface area (Å²) in [6, 6.07) is 2.55. The Kier molecular flexibility index (Phi) is 4.39. The van der Waals surface area contributed by atoms with Gasteiger partial charge < -0.3 is 16.2 Å². The van der Waals surface area contributed by atoms with Gasteiger partial charge in [0, 0.05) is 24.4 Å². The zero-order valence-corrected chi connectivity index (χ0v) is 12.6. The molecule has 24 heavy (non-hydrogen) atoms. The molecule has 2 aromatic rings. The van der Waals surface area contributed by atoms with Gasteiger partial charge in [-0.1, -0.05) is 12.1 Å². The van der Waals surface area contributed by atoms with E-state index >= 15 is 0 Å². The van der Waals surface area contributed by atoms with E-state index in [4.69, 9.17) is 5.73 Å². The van der Waals surface area contributed by atoms with Gasteiger partial charge in [-0.3, -0.25) is 9.97 Å². The second kappa shape index (κ2) is 6.48. The van der Waals surface area contributed by atoms with Crippen LogP contribution in [0.15, 0.2) is 30.6 Å². The van der Waals surface area contributed by atoms with Crippen LogP contribution >= 0.6 is 0 Å². The summed E-state index contributed by atoms with van der Waals surface area (Å²) in [7, 11) is 0. The van der Waals surface area contributed by atoms with Crippen molar-refractivity contribution in [2.75, 3.05) is 0 Å². The summed E-state index contributed by atoms with van der Waals surface area (Å²) in [6.45, 7) is 0. The highest BCUT2D eigenvalue weighted by molar-refractivity contribution is 5.65. The highest BCUT2D eigenvalue weighted by Crippen LogP contribution is 2.41. The molecule has 0 saturated carbocycles. The van der Waals surface area contributed by atoms with Gasteiger partial charge in [-0.05, 0) is 24.5 Å². The van der Waals surface area contributed by atoms with Crippen molar-refractivity contribution in [1.82, 2.24) is 15.3 Å². The van der Waals surface area contributed by atoms with Crippen LogP contribution in [-0.2, 0) is 0 Å². The van der Waals surface area contributed by atoms with Gasteiger partial charge in [0.25, 0.3) is 0 Å². The molecular formula is C16H16F2N4O2. The standard InChI is InChI=1S/C16H16F2N4O2/c17-10-3-1-2-8(12(10)18)9-4-5-11(19)14-15(21-7-6-20-14)13(9)22-16(23)24/h1-3,6-7,9,11,13,22H,4-5,19H2,(H,23,24)/t9-,11+,13-/m0/s1. The average molecular weight is 334 g/mol. The Bertz CT molecular complexity index is 771. The average Bonchev–Trinajstić information content (AvgIpc) is 2.69. The second-order valence-corrected chi connectivity index (χ2v) is 5.69. The van der Waals surface area contributed by atoms with Gasteiger partial charge in [0.2, 0.25) is 0 Å². The van der Waals surface area contributed by atoms with E-state index in [0.717, 1.165) is 6.07 Å². The summed E-state index contributed by atoms with van der Waals surface area (Å²) in [5, 5.41) is 11.5. The van der Waals surface area contributed by atoms with Crippen LogP contribution in [0.1, 0.15) is 47.8 Å². The maximum atomic E-state index is 14.3. The minimum absolute atomic E-state index is 0.0967. The van der Waals surface area contributed by atoms with Gasteiger partial charge in [0.15, 0.2) is 11.6 Å². The van der Waals surface area contributed by atoms with Crippen molar-refractivity contribution in [2.45, 2.75) is 30.8 Å². The SMILES string of the molecule is N[C@@H]1CC[C@@H](c2cccc(F)c2F)[C@H](NC(=O)O)c2nccnc21. The molecule has 0 saturated heterocycles. The van der Waals surface area contributed by atoms with Crippen molar-refractivity contribution in [3.8, 4) is 0 Å². The fraction of sp³-hybridized carbons (Fsp3) is 0.312. The number of carbonyl (C=O) groups is 1. The van der Waals surface area contributed by atoms with Crippen LogP contribution in [0, 0.1) is 11.6 Å². The molecule has 4 N–H and O–H groups in total. The molecule has 1 aromatic heterocycles. The number of benzene rings is 1. The Balaban J connectivity index is 2.14. The molecule has 1 amide bonds. The third-order valence-corrected chi connectivity index (χ3v) is 4.25. The van der Waals surface area contributed by atoms with Crippen LogP contribution in [0.25, 0.3) is 0 Å². The highest BCUT2D eigenvalue weighted by atomic mass is 19.2. The molecular weight excluding hydrogens is 318 g/mol. The number of nitrogens with two attached hydrogens (primary N) is 1. The number of nitrogens with zero attached hydrogens (tertiary/aromatic N) is 2. The fourth-order valence-electron chi connectivity index (χ4n) is 3.18. The molecule has 0 aliphatic heterocycles. The number of hydrogen-bond donors (Lipinski definition) is 3. The number of carboxylic acid groups (broad SMARTS) is 1. The summed E-state index contributed by atoms with van der Waals surface area (Å²) < 4.78 is 27.9. The molecule has 0 unspecified atom stereocenters. The quantitative estimate of drug-likeness (QED) is 0.733. The fourth-order valence-corrected chi connectivity index (χ4v) is 3.18. The maximum Gasteiger partial charge on any atom is 0.405 e. The van der Waals surface area contributed by atoms with Crippen molar-refractivity contribution >= 4 is 6.09 Å². The molecule has 126 valence electrons. The smallest absolute Gasteiger partial charge is 0.405 e. The molecule has 3 atom stereocenters. The zero-order valence-electron chi connectivity index (χ0n) is 12.6. The van der Waals surface area contributed by atoms with Crippen molar-refractivity contribution in [2.24, 2.45) is 5.73 Å². The lowest BCUT2D eigenvalue weighted by Gasteiger charge is -2.26. The summed E-state index contributed by atoms with van der Waals surface area (Å²) in [6.07, 6.45) is 2.43. The molecule has 3 rings (SSSR count). The van der Waals surface area contributed by atoms with Crippen molar-refractivity contribution in [3.63, 3.8) is 0 Å². The zero-order chi connectivity index (χ0) is 17.3. The molecule has 6 nitrogen and oxygen atoms in total. The van der Waals surface area contributed by atoms with E-state index in [1.165, 1.54) is 24.5 Å². The molecule has 1 aromatic carbocycles. The molecule has 1 heterocycles. The van der Waals surface area contributed by atoms with E-state index in [1.54, 1.807) is 0 Å². The van der Waals surface area contributed by atoms with Crippen LogP contribution in [0.2, 0.25) is 0 Å². The van der Waals surface area contributed by atoms with E-state index < -0.39 is 35.7 Å². The maximum absolute atomic E-state index is 14.3. The van der Waals surface area contributed by atoms with Crippen LogP contribution in [0.3, 0.4) is 0 Å². The van der Waals surface area contributed by atoms with Crippen molar-refractivity contribution in [1.29, 1.82) is 0 Å². The summed E-state index contributed by atoms with van der Waals surface area (Å²) in [4.78, 5) is 19.6. The molecule has 0 spiro atoms. The van der Waals surface area contributed by atoms with E-state index in [1.807, 2.05) is 0 Å². The van der Waals surface area contributed by atoms with Crippen molar-refractivity contribution < 1.29 is 18.7 Å². The van der Waals surface area contributed by atoms with Gasteiger partial charge in [0.1, 0.15) is 0 Å². The van der Waals surface area contributed by atoms with Crippen LogP contribution in [-0.4, -0.2) is 21.2 Å². The first kappa shape index (κ1) is 16.3. The first-order chi connectivity index (χ1) is 11.5. The highest BCUT2D eigenvalue weighted by Gasteiger charge is 2.36. The predicted molar refractivity (Wildman–Crippen MR) is 81.2 cm³/mol. The summed E-state index contributed by atoms with van der Waals surface area (Å²) in [5.41, 5.74) is 7.01. The van der Waals surface area contributed by atoms with Gasteiger partial charge in [-0.15, -0.1) is 0 Å². The first-order valence-electron chi connectivity index (χ1n) is 7.48. The predicted octanol–water partition coefficient (Wildman–Crippen LogP) is 2.64. The lowest BCUT2D eigenvalue weighted by atomic mass is 9.86. The molecule has 1 aliphatic carbocycles. The Morgan fingerprint density at radius 3 is 2.62 bits per heavy atom. The monoisotopic (exact) mass is 334 g/mol. The lowest BCUT2D eigenvalue weighted by Crippen LogP contribution is -2.32. The topological polar surface area (TPSA) is 101 Å². The molecule has 8 heteroatoms. The van der Waals surface area contributed by atoms with Gasteiger partial charge >= 0.3 is 6.09 Å². The molecule has 0 fully saturated rings. The van der Waals surface area contributed by atoms with E-state index in [-0.39, 0.29) is 5.56 Å². The Morgan fingerprint density at radius 2 is 1.92 bits per heavy atom. The largest absolute Gasteiger partial charge is 0.465 e. The number of fused-ring (bicyclic) bond motifs is 1. The number of amides is 1. The summed E-state index contributed by atoms with van der Waals surface area (Å²) in [5.74, 6) is -2.60. The minimum atomic E-state index is -1.28. The van der Waals surface area contributed by atoms with Gasteiger partial charge in [0.05, 0.1) is 17.4 Å². The third kappa shape index (κ3) is 2.92. The van der Waals surface area contributed by atoms with Crippen LogP contribution in [0.4, 0.5) is 13.6 Å². The third-order valence-electron chi connectivity index (χ3n) is 4.25. The number of aromatic nitrogens is 2. The Labute approximate surface area is 136 Å². The van der Waals surface area contributed by atoms with Crippen LogP contribution < -0.4 is 11.1 Å². The Hall–Kier alpha value is -2.61. The normalized spacial score (nSPS) is 23.2. The molecule has 1 aliphatic rings. The first-order valence-corrected chi connectivity index (χ1v) is 7.48. The number of rotatable bonds is 2. The minimum Gasteiger partial charge on any atom is -0.465 e. The number of halogens is 2. The van der Waals surface area contributed by atoms with Gasteiger partial charge in [-0.2, -0.15) is 0 Å². The molecule has 0 radical (unpaired) electrons. The summed E-state index contributed by atoms with van der Waals surface area (Å²) >= 11 is 0.